The first-order chi connectivity index (χ1) is 8.74. The number of hydrogen-bond acceptors (Lipinski definition) is 0. The first-order valence-corrected chi connectivity index (χ1v) is 7.29. The quantitative estimate of drug-likeness (QED) is 0.391. The van der Waals surface area contributed by atoms with Gasteiger partial charge in [-0.3, -0.25) is 0 Å². The van der Waals surface area contributed by atoms with Crippen molar-refractivity contribution in [2.75, 3.05) is 0 Å². The van der Waals surface area contributed by atoms with Crippen LogP contribution in [-0.2, 0) is 21.7 Å². The van der Waals surface area contributed by atoms with Gasteiger partial charge in [-0.2, -0.15) is 51.3 Å². The van der Waals surface area contributed by atoms with Crippen LogP contribution in [0.25, 0.3) is 0 Å². The maximum absolute atomic E-state index is 3.49. The maximum atomic E-state index is 3.49. The van der Waals surface area contributed by atoms with E-state index in [9.17, 15) is 0 Å². The molecule has 0 aliphatic carbocycles. The minimum atomic E-state index is 0. The van der Waals surface area contributed by atoms with Gasteiger partial charge in [0.05, 0.1) is 0 Å². The fourth-order valence-electron chi connectivity index (χ4n) is 1.38. The van der Waals surface area contributed by atoms with Crippen molar-refractivity contribution in [1.82, 2.24) is 0 Å². The fraction of sp³-hybridized carbons (Fsp3) is 0.579. The first kappa shape index (κ1) is 28.3. The van der Waals surface area contributed by atoms with Gasteiger partial charge >= 0.3 is 21.7 Å². The second-order valence-corrected chi connectivity index (χ2v) is 5.91. The molecule has 0 heterocycles. The van der Waals surface area contributed by atoms with Crippen LogP contribution in [-0.4, -0.2) is 0 Å². The molecule has 0 aliphatic heterocycles. The first-order valence-electron chi connectivity index (χ1n) is 7.29. The fourth-order valence-corrected chi connectivity index (χ4v) is 1.38. The summed E-state index contributed by atoms with van der Waals surface area (Å²) in [6.45, 7) is 22.2. The van der Waals surface area contributed by atoms with Crippen molar-refractivity contribution in [2.45, 2.75) is 67.7 Å². The topological polar surface area (TPSA) is 0 Å². The summed E-state index contributed by atoms with van der Waals surface area (Å²) in [7, 11) is 0. The largest absolute Gasteiger partial charge is 4.00 e. The number of rotatable bonds is 1. The Bertz CT molecular complexity index is 185. The molecular formula is C19H36Ti. The molecule has 0 aliphatic rings. The van der Waals surface area contributed by atoms with E-state index in [2.05, 4.69) is 48.5 Å². The smallest absolute Gasteiger partial charge is 0.344 e. The van der Waals surface area contributed by atoms with Gasteiger partial charge in [-0.05, 0) is 0 Å². The van der Waals surface area contributed by atoms with E-state index in [0.29, 0.717) is 5.41 Å². The summed E-state index contributed by atoms with van der Waals surface area (Å²) in [5, 5.41) is 0. The van der Waals surface area contributed by atoms with E-state index in [0.717, 1.165) is 12.8 Å². The van der Waals surface area contributed by atoms with E-state index in [1.54, 1.807) is 0 Å². The Morgan fingerprint density at radius 3 is 1.30 bits per heavy atom. The van der Waals surface area contributed by atoms with Crippen LogP contribution in [0.3, 0.4) is 0 Å². The molecular weight excluding hydrogens is 276 g/mol. The normalized spacial score (nSPS) is 8.90. The molecule has 0 radical (unpaired) electrons. The third-order valence-corrected chi connectivity index (χ3v) is 1.44. The third-order valence-electron chi connectivity index (χ3n) is 1.44. The second kappa shape index (κ2) is 21.4. The Morgan fingerprint density at radius 2 is 1.25 bits per heavy atom. The second-order valence-electron chi connectivity index (χ2n) is 5.91. The molecule has 0 spiro atoms. The van der Waals surface area contributed by atoms with Crippen LogP contribution in [0.2, 0.25) is 0 Å². The van der Waals surface area contributed by atoms with Crippen molar-refractivity contribution in [3.8, 4) is 0 Å². The Labute approximate surface area is 145 Å². The van der Waals surface area contributed by atoms with Crippen LogP contribution in [0.15, 0.2) is 30.3 Å². The van der Waals surface area contributed by atoms with E-state index in [-0.39, 0.29) is 21.7 Å². The van der Waals surface area contributed by atoms with Crippen LogP contribution in [0.1, 0.15) is 67.7 Å². The van der Waals surface area contributed by atoms with Crippen molar-refractivity contribution in [1.29, 1.82) is 0 Å². The Morgan fingerprint density at radius 1 is 0.950 bits per heavy atom. The molecule has 0 nitrogen and oxygen atoms in total. The standard InChI is InChI=1S/C8H17.C5H5.2C3H7.Ti/c1-7(2)6-8(3,4)5;1-2-4-5-3-1;2*1-3-2;/h6H2,1-5H3;1-5H;2*1,3H2,2H3;/q4*-1;+4. The summed E-state index contributed by atoms with van der Waals surface area (Å²) in [5.41, 5.74) is 0.485. The molecule has 0 aromatic heterocycles. The van der Waals surface area contributed by atoms with E-state index in [1.165, 1.54) is 12.3 Å². The Kier molecular flexibility index (Phi) is 30.2. The molecule has 0 unspecified atom stereocenters. The van der Waals surface area contributed by atoms with Gasteiger partial charge in [0, 0.05) is 0 Å². The summed E-state index contributed by atoms with van der Waals surface area (Å²) in [4.78, 5) is 0. The van der Waals surface area contributed by atoms with E-state index in [4.69, 9.17) is 0 Å². The molecule has 0 fully saturated rings. The Balaban J connectivity index is -0.0000000922. The minimum absolute atomic E-state index is 0. The molecule has 0 saturated heterocycles. The van der Waals surface area contributed by atoms with Crippen LogP contribution in [0.5, 0.6) is 0 Å². The summed E-state index contributed by atoms with van der Waals surface area (Å²) in [6.07, 6.45) is 3.24. The van der Waals surface area contributed by atoms with E-state index in [1.807, 2.05) is 44.2 Å². The molecule has 0 bridgehead atoms. The summed E-state index contributed by atoms with van der Waals surface area (Å²) in [5.74, 6) is 1.53. The average Bonchev–Trinajstić information content (AvgIpc) is 2.72. The molecule has 0 atom stereocenters. The predicted molar refractivity (Wildman–Crippen MR) is 92.0 cm³/mol. The summed E-state index contributed by atoms with van der Waals surface area (Å²) < 4.78 is 0. The molecule has 1 rings (SSSR count). The molecule has 1 heteroatoms. The van der Waals surface area contributed by atoms with Crippen molar-refractivity contribution in [3.63, 3.8) is 0 Å². The number of hydrogen-bond donors (Lipinski definition) is 0. The van der Waals surface area contributed by atoms with Gasteiger partial charge in [-0.15, -0.1) is 0 Å². The molecule has 1 aromatic carbocycles. The molecule has 0 N–H and O–H groups in total. The predicted octanol–water partition coefficient (Wildman–Crippen LogP) is 6.90. The van der Waals surface area contributed by atoms with Crippen molar-refractivity contribution in [2.24, 2.45) is 5.41 Å². The average molecular weight is 312 g/mol. The zero-order valence-electron chi connectivity index (χ0n) is 14.9. The molecule has 0 saturated carbocycles. The van der Waals surface area contributed by atoms with Gasteiger partial charge in [0.15, 0.2) is 0 Å². The monoisotopic (exact) mass is 312 g/mol. The van der Waals surface area contributed by atoms with Crippen molar-refractivity contribution < 1.29 is 21.7 Å². The van der Waals surface area contributed by atoms with Gasteiger partial charge in [0.2, 0.25) is 0 Å². The SMILES string of the molecule is C[C-](C)CC(C)(C)C.[CH2-]CC.[CH2-]CC.[Ti+4].c1cc[cH-]c1. The van der Waals surface area contributed by atoms with Gasteiger partial charge < -0.3 is 19.8 Å². The molecule has 116 valence electrons. The maximum Gasteiger partial charge on any atom is 4.00 e. The zero-order valence-corrected chi connectivity index (χ0v) is 16.5. The zero-order chi connectivity index (χ0) is 15.7. The molecule has 0 amide bonds. The van der Waals surface area contributed by atoms with Crippen molar-refractivity contribution >= 4 is 0 Å². The summed E-state index contributed by atoms with van der Waals surface area (Å²) >= 11 is 0. The Hall–Kier alpha value is 0.0643. The van der Waals surface area contributed by atoms with E-state index < -0.39 is 0 Å². The molecule has 1 aromatic rings. The van der Waals surface area contributed by atoms with Crippen LogP contribution < -0.4 is 0 Å². The molecule has 20 heavy (non-hydrogen) atoms. The van der Waals surface area contributed by atoms with Gasteiger partial charge in [0.1, 0.15) is 0 Å². The van der Waals surface area contributed by atoms with Crippen molar-refractivity contribution in [3.05, 3.63) is 50.1 Å². The van der Waals surface area contributed by atoms with Gasteiger partial charge in [-0.1, -0.05) is 40.0 Å². The van der Waals surface area contributed by atoms with Gasteiger partial charge in [-0.25, -0.2) is 12.1 Å². The van der Waals surface area contributed by atoms with E-state index >= 15 is 0 Å². The van der Waals surface area contributed by atoms with Crippen LogP contribution in [0.4, 0.5) is 0 Å². The van der Waals surface area contributed by atoms with Crippen LogP contribution >= 0.6 is 0 Å². The minimum Gasteiger partial charge on any atom is -0.344 e. The summed E-state index contributed by atoms with van der Waals surface area (Å²) in [6, 6.07) is 10.0. The van der Waals surface area contributed by atoms with Gasteiger partial charge in [0.25, 0.3) is 0 Å². The van der Waals surface area contributed by atoms with Crippen LogP contribution in [0, 0.1) is 25.2 Å². The third kappa shape index (κ3) is 51.9.